The van der Waals surface area contributed by atoms with Crippen molar-refractivity contribution in [1.82, 2.24) is 14.6 Å². The summed E-state index contributed by atoms with van der Waals surface area (Å²) in [6.07, 6.45) is 1.58. The molecule has 0 bridgehead atoms. The van der Waals surface area contributed by atoms with Crippen molar-refractivity contribution in [2.24, 2.45) is 5.10 Å². The van der Waals surface area contributed by atoms with E-state index in [9.17, 15) is 9.59 Å². The molecular formula is C33H26N4O5. The molecule has 208 valence electrons. The van der Waals surface area contributed by atoms with E-state index in [0.29, 0.717) is 59.9 Å². The summed E-state index contributed by atoms with van der Waals surface area (Å²) >= 11 is 0. The van der Waals surface area contributed by atoms with Gasteiger partial charge in [-0.15, -0.1) is 0 Å². The van der Waals surface area contributed by atoms with Crippen LogP contribution in [0.1, 0.15) is 5.56 Å². The zero-order valence-corrected chi connectivity index (χ0v) is 22.6. The van der Waals surface area contributed by atoms with E-state index >= 15 is 0 Å². The van der Waals surface area contributed by atoms with Gasteiger partial charge >= 0.3 is 0 Å². The van der Waals surface area contributed by atoms with Crippen molar-refractivity contribution in [3.63, 3.8) is 0 Å². The van der Waals surface area contributed by atoms with Gasteiger partial charge in [0.25, 0.3) is 11.5 Å². The fourth-order valence-corrected chi connectivity index (χ4v) is 5.18. The molecule has 7 rings (SSSR count). The molecule has 9 nitrogen and oxygen atoms in total. The van der Waals surface area contributed by atoms with Crippen LogP contribution in [0.15, 0.2) is 105 Å². The van der Waals surface area contributed by atoms with E-state index in [0.717, 1.165) is 16.2 Å². The summed E-state index contributed by atoms with van der Waals surface area (Å²) in [6.45, 7) is 1.98. The first kappa shape index (κ1) is 25.7. The van der Waals surface area contributed by atoms with Crippen LogP contribution in [0.2, 0.25) is 0 Å². The Kier molecular flexibility index (Phi) is 6.69. The molecule has 0 saturated carbocycles. The average molecular weight is 559 g/mol. The van der Waals surface area contributed by atoms with Gasteiger partial charge in [-0.1, -0.05) is 60.7 Å². The van der Waals surface area contributed by atoms with E-state index in [1.165, 1.54) is 4.68 Å². The first-order chi connectivity index (χ1) is 20.7. The molecule has 0 unspecified atom stereocenters. The molecule has 1 saturated heterocycles. The molecule has 1 fully saturated rings. The smallest absolute Gasteiger partial charge is 0.282 e. The van der Waals surface area contributed by atoms with Gasteiger partial charge in [0.15, 0.2) is 12.4 Å². The topological polar surface area (TPSA) is 99.2 Å². The average Bonchev–Trinajstić information content (AvgIpc) is 3.48. The standard InChI is InChI=1S/C33H26N4O5/c38-31(36-15-17-40-18-16-36)21-41-29-14-13-22-7-1-3-9-24(22)26(29)20-34-37-32(30-19-23-8-2-6-12-28(23)42-30)35-27-11-5-4-10-25(27)33(37)39/h1-14,19-20H,15-18,21H2. The summed E-state index contributed by atoms with van der Waals surface area (Å²) in [7, 11) is 0. The van der Waals surface area contributed by atoms with E-state index in [-0.39, 0.29) is 23.9 Å². The van der Waals surface area contributed by atoms with Crippen LogP contribution in [0, 0.1) is 0 Å². The number of hydrogen-bond acceptors (Lipinski definition) is 7. The van der Waals surface area contributed by atoms with Gasteiger partial charge in [0.05, 0.1) is 30.3 Å². The SMILES string of the molecule is O=C(COc1ccc2ccccc2c1C=Nn1c(-c2cc3ccccc3o2)nc2ccccc2c1=O)N1CCOCC1. The normalized spacial score (nSPS) is 13.9. The third-order valence-corrected chi connectivity index (χ3v) is 7.35. The number of benzene rings is 4. The second kappa shape index (κ2) is 10.9. The number of para-hydroxylation sites is 2. The number of nitrogens with zero attached hydrogens (tertiary/aromatic N) is 4. The zero-order chi connectivity index (χ0) is 28.5. The van der Waals surface area contributed by atoms with E-state index in [4.69, 9.17) is 18.9 Å². The van der Waals surface area contributed by atoms with Crippen LogP contribution in [-0.2, 0) is 9.53 Å². The molecule has 42 heavy (non-hydrogen) atoms. The van der Waals surface area contributed by atoms with Crippen LogP contribution in [0.25, 0.3) is 44.2 Å². The Balaban J connectivity index is 1.33. The van der Waals surface area contributed by atoms with Crippen molar-refractivity contribution in [3.8, 4) is 17.3 Å². The first-order valence-corrected chi connectivity index (χ1v) is 13.7. The lowest BCUT2D eigenvalue weighted by Gasteiger charge is -2.26. The quantitative estimate of drug-likeness (QED) is 0.264. The second-order valence-corrected chi connectivity index (χ2v) is 9.94. The highest BCUT2D eigenvalue weighted by Crippen LogP contribution is 2.29. The maximum atomic E-state index is 13.8. The minimum Gasteiger partial charge on any atom is -0.483 e. The summed E-state index contributed by atoms with van der Waals surface area (Å²) in [5.41, 5.74) is 1.52. The summed E-state index contributed by atoms with van der Waals surface area (Å²) in [5, 5.41) is 7.82. The Morgan fingerprint density at radius 2 is 1.64 bits per heavy atom. The fraction of sp³-hybridized carbons (Fsp3) is 0.152. The minimum atomic E-state index is -0.336. The number of aromatic nitrogens is 2. The molecule has 1 amide bonds. The third kappa shape index (κ3) is 4.80. The highest BCUT2D eigenvalue weighted by atomic mass is 16.5. The van der Waals surface area contributed by atoms with E-state index in [2.05, 4.69) is 5.10 Å². The molecule has 1 aliphatic rings. The number of carbonyl (C=O) groups is 1. The molecule has 1 aliphatic heterocycles. The van der Waals surface area contributed by atoms with Crippen molar-refractivity contribution < 1.29 is 18.7 Å². The Morgan fingerprint density at radius 1 is 0.905 bits per heavy atom. The van der Waals surface area contributed by atoms with Crippen molar-refractivity contribution in [1.29, 1.82) is 0 Å². The lowest BCUT2D eigenvalue weighted by Crippen LogP contribution is -2.43. The highest BCUT2D eigenvalue weighted by molar-refractivity contribution is 6.02. The van der Waals surface area contributed by atoms with Crippen molar-refractivity contribution in [2.75, 3.05) is 32.9 Å². The predicted molar refractivity (Wildman–Crippen MR) is 161 cm³/mol. The van der Waals surface area contributed by atoms with Crippen LogP contribution in [0.3, 0.4) is 0 Å². The monoisotopic (exact) mass is 558 g/mol. The molecule has 0 radical (unpaired) electrons. The van der Waals surface area contributed by atoms with Gasteiger partial charge < -0.3 is 18.8 Å². The van der Waals surface area contributed by atoms with E-state index in [1.54, 1.807) is 29.3 Å². The number of furan rings is 1. The van der Waals surface area contributed by atoms with Crippen molar-refractivity contribution in [3.05, 3.63) is 107 Å². The summed E-state index contributed by atoms with van der Waals surface area (Å²) in [6, 6.07) is 28.2. The largest absolute Gasteiger partial charge is 0.483 e. The molecular weight excluding hydrogens is 532 g/mol. The second-order valence-electron chi connectivity index (χ2n) is 9.94. The van der Waals surface area contributed by atoms with Crippen LogP contribution < -0.4 is 10.3 Å². The molecule has 0 N–H and O–H groups in total. The van der Waals surface area contributed by atoms with Gasteiger partial charge in [-0.3, -0.25) is 9.59 Å². The van der Waals surface area contributed by atoms with E-state index < -0.39 is 0 Å². The van der Waals surface area contributed by atoms with Crippen molar-refractivity contribution >= 4 is 44.8 Å². The molecule has 0 aliphatic carbocycles. The van der Waals surface area contributed by atoms with Gasteiger partial charge in [-0.2, -0.15) is 9.78 Å². The van der Waals surface area contributed by atoms with Gasteiger partial charge in [0.2, 0.25) is 5.82 Å². The molecule has 3 heterocycles. The number of amides is 1. The Bertz CT molecular complexity index is 2010. The zero-order valence-electron chi connectivity index (χ0n) is 22.6. The molecule has 2 aromatic heterocycles. The number of fused-ring (bicyclic) bond motifs is 3. The molecule has 9 heteroatoms. The first-order valence-electron chi connectivity index (χ1n) is 13.7. The molecule has 6 aromatic rings. The summed E-state index contributed by atoms with van der Waals surface area (Å²) < 4.78 is 18.8. The number of carbonyl (C=O) groups excluding carboxylic acids is 1. The van der Waals surface area contributed by atoms with Crippen LogP contribution >= 0.6 is 0 Å². The minimum absolute atomic E-state index is 0.114. The van der Waals surface area contributed by atoms with E-state index in [1.807, 2.05) is 72.8 Å². The fourth-order valence-electron chi connectivity index (χ4n) is 5.18. The van der Waals surface area contributed by atoms with Gasteiger partial charge in [0, 0.05) is 24.0 Å². The van der Waals surface area contributed by atoms with Gasteiger partial charge in [0.1, 0.15) is 11.3 Å². The lowest BCUT2D eigenvalue weighted by molar-refractivity contribution is -0.137. The van der Waals surface area contributed by atoms with Crippen molar-refractivity contribution in [2.45, 2.75) is 0 Å². The van der Waals surface area contributed by atoms with Gasteiger partial charge in [-0.25, -0.2) is 4.98 Å². The number of rotatable bonds is 6. The van der Waals surface area contributed by atoms with Crippen LogP contribution in [0.5, 0.6) is 5.75 Å². The molecule has 0 atom stereocenters. The van der Waals surface area contributed by atoms with Crippen LogP contribution in [-0.4, -0.2) is 59.6 Å². The Hall–Kier alpha value is -5.28. The maximum absolute atomic E-state index is 13.8. The maximum Gasteiger partial charge on any atom is 0.282 e. The summed E-state index contributed by atoms with van der Waals surface area (Å²) in [5.74, 6) is 1.06. The lowest BCUT2D eigenvalue weighted by atomic mass is 10.0. The van der Waals surface area contributed by atoms with Gasteiger partial charge in [-0.05, 0) is 41.1 Å². The highest BCUT2D eigenvalue weighted by Gasteiger charge is 2.19. The Labute approximate surface area is 240 Å². The van der Waals surface area contributed by atoms with Crippen LogP contribution in [0.4, 0.5) is 0 Å². The third-order valence-electron chi connectivity index (χ3n) is 7.35. The molecule has 4 aromatic carbocycles. The molecule has 0 spiro atoms. The number of hydrogen-bond donors (Lipinski definition) is 0. The summed E-state index contributed by atoms with van der Waals surface area (Å²) in [4.78, 5) is 33.1. The predicted octanol–water partition coefficient (Wildman–Crippen LogP) is 5.08. The number of ether oxygens (including phenoxy) is 2. The Morgan fingerprint density at radius 3 is 2.48 bits per heavy atom. The number of morpholine rings is 1.